The summed E-state index contributed by atoms with van der Waals surface area (Å²) in [5, 5.41) is 7.42. The van der Waals surface area contributed by atoms with Gasteiger partial charge in [0.25, 0.3) is 0 Å². The van der Waals surface area contributed by atoms with Crippen LogP contribution in [-0.4, -0.2) is 41.4 Å². The van der Waals surface area contributed by atoms with Crippen LogP contribution in [0, 0.1) is 24.0 Å². The number of aromatic amines is 1. The Morgan fingerprint density at radius 2 is 1.83 bits per heavy atom. The number of hydrogen-bond donors (Lipinski definition) is 1. The number of nitrogens with one attached hydrogen (secondary N) is 1. The maximum Gasteiger partial charge on any atom is 0.159 e. The summed E-state index contributed by atoms with van der Waals surface area (Å²) in [5.74, 6) is -0.830. The fourth-order valence-corrected chi connectivity index (χ4v) is 4.62. The van der Waals surface area contributed by atoms with E-state index in [9.17, 15) is 8.78 Å². The van der Waals surface area contributed by atoms with Crippen LogP contribution < -0.4 is 9.80 Å². The Kier molecular flexibility index (Phi) is 4.26. The van der Waals surface area contributed by atoms with E-state index in [1.165, 1.54) is 18.2 Å². The number of H-pyrrole nitrogens is 1. The minimum atomic E-state index is -0.850. The van der Waals surface area contributed by atoms with E-state index in [-0.39, 0.29) is 5.41 Å². The summed E-state index contributed by atoms with van der Waals surface area (Å²) in [7, 11) is 0. The van der Waals surface area contributed by atoms with Crippen molar-refractivity contribution in [3.8, 4) is 11.3 Å². The van der Waals surface area contributed by atoms with E-state index in [4.69, 9.17) is 0 Å². The molecule has 0 aliphatic carbocycles. The minimum Gasteiger partial charge on any atom is -0.370 e. The van der Waals surface area contributed by atoms with Gasteiger partial charge in [0, 0.05) is 60.8 Å². The van der Waals surface area contributed by atoms with Crippen LogP contribution in [0.4, 0.5) is 20.3 Å². The van der Waals surface area contributed by atoms with Gasteiger partial charge >= 0.3 is 0 Å². The lowest BCUT2D eigenvalue weighted by atomic mass is 9.73. The zero-order valence-electron chi connectivity index (χ0n) is 16.3. The number of piperidine rings is 1. The van der Waals surface area contributed by atoms with E-state index in [0.717, 1.165) is 50.2 Å². The first kappa shape index (κ1) is 18.1. The molecule has 0 amide bonds. The monoisotopic (exact) mass is 395 g/mol. The average Bonchev–Trinajstić information content (AvgIpc) is 3.18. The second-order valence-corrected chi connectivity index (χ2v) is 8.31. The Labute approximate surface area is 168 Å². The molecule has 150 valence electrons. The van der Waals surface area contributed by atoms with E-state index in [1.54, 1.807) is 6.07 Å². The number of benzene rings is 1. The molecule has 5 nitrogen and oxygen atoms in total. The second kappa shape index (κ2) is 6.83. The van der Waals surface area contributed by atoms with Crippen molar-refractivity contribution in [2.24, 2.45) is 5.41 Å². The van der Waals surface area contributed by atoms with Gasteiger partial charge in [0.2, 0.25) is 0 Å². The number of halogens is 2. The molecule has 0 bridgehead atoms. The first-order valence-corrected chi connectivity index (χ1v) is 9.95. The second-order valence-electron chi connectivity index (χ2n) is 8.31. The molecule has 2 aliphatic heterocycles. The third kappa shape index (κ3) is 3.34. The molecule has 2 saturated heterocycles. The van der Waals surface area contributed by atoms with Gasteiger partial charge in [0.1, 0.15) is 0 Å². The van der Waals surface area contributed by atoms with Crippen LogP contribution >= 0.6 is 0 Å². The van der Waals surface area contributed by atoms with Crippen molar-refractivity contribution in [2.45, 2.75) is 19.8 Å². The first-order valence-electron chi connectivity index (χ1n) is 9.95. The summed E-state index contributed by atoms with van der Waals surface area (Å²) in [6.45, 7) is 6.00. The SMILES string of the molecule is Cc1cc(N2CC3(CCCN(c4cc(-c5ccc(F)c(F)c5)[nH]n4)C3)C2)ccn1. The minimum absolute atomic E-state index is 0.274. The van der Waals surface area contributed by atoms with Gasteiger partial charge in [0.15, 0.2) is 17.5 Å². The molecular weight excluding hydrogens is 372 g/mol. The Morgan fingerprint density at radius 1 is 1.00 bits per heavy atom. The van der Waals surface area contributed by atoms with Crippen molar-refractivity contribution >= 4 is 11.5 Å². The van der Waals surface area contributed by atoms with E-state index in [2.05, 4.69) is 37.1 Å². The van der Waals surface area contributed by atoms with Crippen molar-refractivity contribution in [1.29, 1.82) is 0 Å². The molecule has 0 unspecified atom stereocenters. The summed E-state index contributed by atoms with van der Waals surface area (Å²) in [6, 6.07) is 10.0. The molecule has 29 heavy (non-hydrogen) atoms. The number of pyridine rings is 1. The highest BCUT2D eigenvalue weighted by Gasteiger charge is 2.46. The molecule has 2 fully saturated rings. The standard InChI is InChI=1S/C22H23F2N5/c1-15-9-17(5-7-25-15)29-13-22(14-29)6-2-8-28(12-22)21-11-20(26-27-21)16-3-4-18(23)19(24)10-16/h3-5,7,9-11H,2,6,8,12-14H2,1H3,(H,26,27). The van der Waals surface area contributed by atoms with Crippen LogP contribution in [0.25, 0.3) is 11.3 Å². The molecule has 1 N–H and O–H groups in total. The number of rotatable bonds is 3. The molecule has 0 saturated carbocycles. The van der Waals surface area contributed by atoms with Gasteiger partial charge in [-0.15, -0.1) is 0 Å². The van der Waals surface area contributed by atoms with Gasteiger partial charge in [-0.1, -0.05) is 0 Å². The smallest absolute Gasteiger partial charge is 0.159 e. The molecule has 0 atom stereocenters. The molecule has 1 spiro atoms. The van der Waals surface area contributed by atoms with E-state index in [1.807, 2.05) is 19.2 Å². The quantitative estimate of drug-likeness (QED) is 0.723. The van der Waals surface area contributed by atoms with Gasteiger partial charge < -0.3 is 9.80 Å². The predicted molar refractivity (Wildman–Crippen MR) is 109 cm³/mol. The molecule has 5 rings (SSSR count). The maximum atomic E-state index is 13.6. The third-order valence-corrected chi connectivity index (χ3v) is 6.08. The fourth-order valence-electron chi connectivity index (χ4n) is 4.62. The van der Waals surface area contributed by atoms with E-state index in [0.29, 0.717) is 11.3 Å². The van der Waals surface area contributed by atoms with Crippen molar-refractivity contribution in [1.82, 2.24) is 15.2 Å². The van der Waals surface area contributed by atoms with Gasteiger partial charge in [-0.05, 0) is 50.1 Å². The van der Waals surface area contributed by atoms with Gasteiger partial charge in [-0.3, -0.25) is 10.1 Å². The Hall–Kier alpha value is -2.96. The highest BCUT2D eigenvalue weighted by atomic mass is 19.2. The van der Waals surface area contributed by atoms with E-state index < -0.39 is 11.6 Å². The Bertz CT molecular complexity index is 1040. The highest BCUT2D eigenvalue weighted by molar-refractivity contribution is 5.63. The van der Waals surface area contributed by atoms with Gasteiger partial charge in [-0.25, -0.2) is 8.78 Å². The molecular formula is C22H23F2N5. The van der Waals surface area contributed by atoms with Crippen molar-refractivity contribution in [3.63, 3.8) is 0 Å². The number of hydrogen-bond acceptors (Lipinski definition) is 4. The lowest BCUT2D eigenvalue weighted by Crippen LogP contribution is -2.63. The van der Waals surface area contributed by atoms with Crippen molar-refractivity contribution < 1.29 is 8.78 Å². The number of anilines is 2. The van der Waals surface area contributed by atoms with Crippen LogP contribution in [0.15, 0.2) is 42.6 Å². The van der Waals surface area contributed by atoms with E-state index >= 15 is 0 Å². The van der Waals surface area contributed by atoms with Crippen LogP contribution in [0.3, 0.4) is 0 Å². The molecule has 4 heterocycles. The predicted octanol–water partition coefficient (Wildman–Crippen LogP) is 4.17. The molecule has 2 aliphatic rings. The largest absolute Gasteiger partial charge is 0.370 e. The van der Waals surface area contributed by atoms with Crippen molar-refractivity contribution in [3.05, 3.63) is 59.9 Å². The molecule has 3 aromatic rings. The molecule has 1 aromatic carbocycles. The zero-order valence-corrected chi connectivity index (χ0v) is 16.3. The maximum absolute atomic E-state index is 13.6. The molecule has 0 radical (unpaired) electrons. The fraction of sp³-hybridized carbons (Fsp3) is 0.364. The lowest BCUT2D eigenvalue weighted by molar-refractivity contribution is 0.174. The number of aryl methyl sites for hydroxylation is 1. The molecule has 7 heteroatoms. The molecule has 2 aromatic heterocycles. The summed E-state index contributed by atoms with van der Waals surface area (Å²) >= 11 is 0. The third-order valence-electron chi connectivity index (χ3n) is 6.08. The number of nitrogens with zero attached hydrogens (tertiary/aromatic N) is 4. The van der Waals surface area contributed by atoms with Crippen LogP contribution in [0.2, 0.25) is 0 Å². The first-order chi connectivity index (χ1) is 14.0. The summed E-state index contributed by atoms with van der Waals surface area (Å²) < 4.78 is 26.8. The average molecular weight is 395 g/mol. The van der Waals surface area contributed by atoms with Crippen LogP contribution in [0.1, 0.15) is 18.5 Å². The summed E-state index contributed by atoms with van der Waals surface area (Å²) in [6.07, 6.45) is 4.20. The van der Waals surface area contributed by atoms with Crippen LogP contribution in [-0.2, 0) is 0 Å². The lowest BCUT2D eigenvalue weighted by Gasteiger charge is -2.55. The van der Waals surface area contributed by atoms with Gasteiger partial charge in [0.05, 0.1) is 5.69 Å². The summed E-state index contributed by atoms with van der Waals surface area (Å²) in [4.78, 5) is 9.00. The van der Waals surface area contributed by atoms with Crippen LogP contribution in [0.5, 0.6) is 0 Å². The Balaban J connectivity index is 1.29. The topological polar surface area (TPSA) is 48.0 Å². The van der Waals surface area contributed by atoms with Gasteiger partial charge in [-0.2, -0.15) is 5.10 Å². The van der Waals surface area contributed by atoms with Crippen molar-refractivity contribution in [2.75, 3.05) is 36.0 Å². The number of aromatic nitrogens is 3. The highest BCUT2D eigenvalue weighted by Crippen LogP contribution is 2.42. The zero-order chi connectivity index (χ0) is 20.0. The Morgan fingerprint density at radius 3 is 2.62 bits per heavy atom. The normalized spacial score (nSPS) is 18.2. The summed E-state index contributed by atoms with van der Waals surface area (Å²) in [5.41, 5.74) is 3.84.